The lowest BCUT2D eigenvalue weighted by Crippen LogP contribution is -2.12. The van der Waals surface area contributed by atoms with Crippen molar-refractivity contribution in [2.24, 2.45) is 5.73 Å². The summed E-state index contributed by atoms with van der Waals surface area (Å²) < 4.78 is 0. The molecule has 1 atom stereocenters. The van der Waals surface area contributed by atoms with Gasteiger partial charge in [-0.05, 0) is 35.2 Å². The van der Waals surface area contributed by atoms with Crippen molar-refractivity contribution in [3.05, 3.63) is 47.5 Å². The largest absolute Gasteiger partial charge is 0.396 e. The first kappa shape index (κ1) is 14.0. The second kappa shape index (κ2) is 6.01. The Kier molecular flexibility index (Phi) is 4.94. The summed E-state index contributed by atoms with van der Waals surface area (Å²) in [6, 6.07) is 12.3. The van der Waals surface area contributed by atoms with Crippen LogP contribution in [0.1, 0.15) is 23.6 Å². The van der Waals surface area contributed by atoms with Gasteiger partial charge in [-0.3, -0.25) is 0 Å². The summed E-state index contributed by atoms with van der Waals surface area (Å²) in [5, 5.41) is 11.4. The van der Waals surface area contributed by atoms with Gasteiger partial charge in [0.2, 0.25) is 0 Å². The minimum Gasteiger partial charge on any atom is -0.396 e. The Bertz CT molecular complexity index is 499. The van der Waals surface area contributed by atoms with E-state index < -0.39 is 0 Å². The first-order chi connectivity index (χ1) is 7.74. The average Bonchev–Trinajstić information content (AvgIpc) is 2.30. The highest BCUT2D eigenvalue weighted by Gasteiger charge is 2.09. The number of benzene rings is 2. The maximum Gasteiger partial charge on any atom is 0.0449 e. The highest BCUT2D eigenvalue weighted by molar-refractivity contribution is 5.88. The van der Waals surface area contributed by atoms with Gasteiger partial charge in [-0.15, -0.1) is 12.4 Å². The van der Waals surface area contributed by atoms with Crippen LogP contribution in [-0.2, 0) is 0 Å². The maximum absolute atomic E-state index is 8.94. The molecule has 17 heavy (non-hydrogen) atoms. The van der Waals surface area contributed by atoms with Gasteiger partial charge in [0, 0.05) is 12.6 Å². The molecular formula is C14H18ClNO. The molecular weight excluding hydrogens is 234 g/mol. The molecule has 2 aromatic rings. The molecule has 0 amide bonds. The molecule has 0 spiro atoms. The van der Waals surface area contributed by atoms with Gasteiger partial charge in [0.1, 0.15) is 0 Å². The lowest BCUT2D eigenvalue weighted by atomic mass is 9.95. The maximum atomic E-state index is 8.94. The van der Waals surface area contributed by atoms with Crippen molar-refractivity contribution in [3.63, 3.8) is 0 Å². The van der Waals surface area contributed by atoms with Crippen molar-refractivity contribution in [2.45, 2.75) is 19.4 Å². The van der Waals surface area contributed by atoms with Crippen LogP contribution in [-0.4, -0.2) is 11.7 Å². The minimum absolute atomic E-state index is 0. The number of aliphatic hydroxyl groups excluding tert-OH is 1. The van der Waals surface area contributed by atoms with Gasteiger partial charge in [0.05, 0.1) is 0 Å². The lowest BCUT2D eigenvalue weighted by molar-refractivity contribution is 0.277. The van der Waals surface area contributed by atoms with Crippen molar-refractivity contribution >= 4 is 23.2 Å². The summed E-state index contributed by atoms with van der Waals surface area (Å²) in [5.74, 6) is 0. The van der Waals surface area contributed by atoms with Crippen LogP contribution in [0, 0.1) is 6.92 Å². The Hall–Kier alpha value is -1.09. The average molecular weight is 252 g/mol. The molecule has 0 heterocycles. The Morgan fingerprint density at radius 2 is 1.76 bits per heavy atom. The molecule has 0 radical (unpaired) electrons. The third-order valence-electron chi connectivity index (χ3n) is 3.02. The van der Waals surface area contributed by atoms with Crippen LogP contribution < -0.4 is 5.73 Å². The molecule has 2 nitrogen and oxygen atoms in total. The summed E-state index contributed by atoms with van der Waals surface area (Å²) in [4.78, 5) is 0. The van der Waals surface area contributed by atoms with Crippen molar-refractivity contribution in [3.8, 4) is 0 Å². The van der Waals surface area contributed by atoms with E-state index in [-0.39, 0.29) is 25.1 Å². The second-order valence-electron chi connectivity index (χ2n) is 4.14. The van der Waals surface area contributed by atoms with Crippen LogP contribution in [0.15, 0.2) is 36.4 Å². The summed E-state index contributed by atoms with van der Waals surface area (Å²) >= 11 is 0. The van der Waals surface area contributed by atoms with Crippen LogP contribution in [0.5, 0.6) is 0 Å². The summed E-state index contributed by atoms with van der Waals surface area (Å²) in [6.45, 7) is 2.23. The van der Waals surface area contributed by atoms with Crippen molar-refractivity contribution in [1.29, 1.82) is 0 Å². The SMILES string of the molecule is Cc1ccc(C(N)CCO)c2ccccc12.Cl. The fourth-order valence-electron chi connectivity index (χ4n) is 2.09. The number of aryl methyl sites for hydroxylation is 1. The molecule has 92 valence electrons. The zero-order chi connectivity index (χ0) is 11.5. The molecule has 0 aliphatic carbocycles. The fraction of sp³-hybridized carbons (Fsp3) is 0.286. The molecule has 0 aliphatic rings. The number of aliphatic hydroxyl groups is 1. The van der Waals surface area contributed by atoms with Crippen molar-refractivity contribution in [1.82, 2.24) is 0 Å². The molecule has 0 fully saturated rings. The quantitative estimate of drug-likeness (QED) is 0.881. The van der Waals surface area contributed by atoms with Crippen LogP contribution >= 0.6 is 12.4 Å². The van der Waals surface area contributed by atoms with E-state index in [9.17, 15) is 0 Å². The van der Waals surface area contributed by atoms with Crippen LogP contribution in [0.2, 0.25) is 0 Å². The van der Waals surface area contributed by atoms with E-state index in [1.807, 2.05) is 12.1 Å². The third kappa shape index (κ3) is 2.78. The number of nitrogens with two attached hydrogens (primary N) is 1. The first-order valence-corrected chi connectivity index (χ1v) is 5.58. The number of hydrogen-bond acceptors (Lipinski definition) is 2. The normalized spacial score (nSPS) is 12.2. The number of fused-ring (bicyclic) bond motifs is 1. The van der Waals surface area contributed by atoms with Crippen molar-refractivity contribution in [2.75, 3.05) is 6.61 Å². The van der Waals surface area contributed by atoms with E-state index in [0.717, 1.165) is 5.56 Å². The van der Waals surface area contributed by atoms with Crippen molar-refractivity contribution < 1.29 is 5.11 Å². The van der Waals surface area contributed by atoms with E-state index in [0.29, 0.717) is 6.42 Å². The smallest absolute Gasteiger partial charge is 0.0449 e. The highest BCUT2D eigenvalue weighted by Crippen LogP contribution is 2.27. The lowest BCUT2D eigenvalue weighted by Gasteiger charge is -2.14. The number of rotatable bonds is 3. The third-order valence-corrected chi connectivity index (χ3v) is 3.02. The topological polar surface area (TPSA) is 46.2 Å². The highest BCUT2D eigenvalue weighted by atomic mass is 35.5. The van der Waals surface area contributed by atoms with Crippen LogP contribution in [0.3, 0.4) is 0 Å². The first-order valence-electron chi connectivity index (χ1n) is 5.58. The van der Waals surface area contributed by atoms with Gasteiger partial charge in [0.15, 0.2) is 0 Å². The zero-order valence-corrected chi connectivity index (χ0v) is 10.7. The van der Waals surface area contributed by atoms with Crippen LogP contribution in [0.4, 0.5) is 0 Å². The van der Waals surface area contributed by atoms with E-state index >= 15 is 0 Å². The molecule has 3 N–H and O–H groups in total. The summed E-state index contributed by atoms with van der Waals surface area (Å²) in [6.07, 6.45) is 0.604. The zero-order valence-electron chi connectivity index (χ0n) is 9.89. The van der Waals surface area contributed by atoms with Gasteiger partial charge >= 0.3 is 0 Å². The molecule has 3 heteroatoms. The van der Waals surface area contributed by atoms with Gasteiger partial charge in [-0.25, -0.2) is 0 Å². The minimum atomic E-state index is -0.0875. The van der Waals surface area contributed by atoms with E-state index in [1.54, 1.807) is 0 Å². The fourth-order valence-corrected chi connectivity index (χ4v) is 2.09. The molecule has 0 saturated heterocycles. The molecule has 0 aromatic heterocycles. The molecule has 2 aromatic carbocycles. The molecule has 0 saturated carbocycles. The Balaban J connectivity index is 0.00000144. The molecule has 0 aliphatic heterocycles. The predicted molar refractivity (Wildman–Crippen MR) is 74.6 cm³/mol. The van der Waals surface area contributed by atoms with Gasteiger partial charge in [0.25, 0.3) is 0 Å². The summed E-state index contributed by atoms with van der Waals surface area (Å²) in [7, 11) is 0. The monoisotopic (exact) mass is 251 g/mol. The summed E-state index contributed by atoms with van der Waals surface area (Å²) in [5.41, 5.74) is 8.44. The number of hydrogen-bond donors (Lipinski definition) is 2. The van der Waals surface area contributed by atoms with Crippen LogP contribution in [0.25, 0.3) is 10.8 Å². The second-order valence-corrected chi connectivity index (χ2v) is 4.14. The van der Waals surface area contributed by atoms with E-state index in [4.69, 9.17) is 10.8 Å². The standard InChI is InChI=1S/C14H17NO.ClH/c1-10-6-7-13(14(15)8-9-16)12-5-3-2-4-11(10)12;/h2-7,14,16H,8-9,15H2,1H3;1H. The van der Waals surface area contributed by atoms with Gasteiger partial charge in [-0.2, -0.15) is 0 Å². The van der Waals surface area contributed by atoms with E-state index in [2.05, 4.69) is 31.2 Å². The van der Waals surface area contributed by atoms with E-state index in [1.165, 1.54) is 16.3 Å². The van der Waals surface area contributed by atoms with Gasteiger partial charge in [-0.1, -0.05) is 36.4 Å². The Morgan fingerprint density at radius 1 is 1.12 bits per heavy atom. The molecule has 0 bridgehead atoms. The van der Waals surface area contributed by atoms with Gasteiger partial charge < -0.3 is 10.8 Å². The Labute approximate surface area is 108 Å². The molecule has 1 unspecified atom stereocenters. The molecule has 2 rings (SSSR count). The number of halogens is 1. The Morgan fingerprint density at radius 3 is 2.41 bits per heavy atom. The predicted octanol–water partition coefficient (Wildman–Crippen LogP) is 2.95.